The highest BCUT2D eigenvalue weighted by molar-refractivity contribution is 5.43. The Kier molecular flexibility index (Phi) is 4.62. The molecule has 0 aromatic heterocycles. The van der Waals surface area contributed by atoms with E-state index in [1.807, 2.05) is 25.1 Å². The molecule has 4 nitrogen and oxygen atoms in total. The predicted molar refractivity (Wildman–Crippen MR) is 61.6 cm³/mol. The summed E-state index contributed by atoms with van der Waals surface area (Å²) in [6, 6.07) is 7.89. The van der Waals surface area contributed by atoms with Gasteiger partial charge >= 0.3 is 0 Å². The number of hydrogen-bond donors (Lipinski definition) is 1. The number of rotatable bonds is 5. The molecule has 1 N–H and O–H groups in total. The Morgan fingerprint density at radius 1 is 1.31 bits per heavy atom. The maximum atomic E-state index is 8.49. The second-order valence-electron chi connectivity index (χ2n) is 3.38. The standard InChI is InChI=1S/C12H16N2O2/c1-9(14-7-6-13)10-4-5-11(15-2)12(8-10)16-3/h4-5,8-9,14H,7H2,1-3H3. The number of hydrogen-bond acceptors (Lipinski definition) is 4. The molecule has 4 heteroatoms. The molecule has 0 radical (unpaired) electrons. The summed E-state index contributed by atoms with van der Waals surface area (Å²) >= 11 is 0. The quantitative estimate of drug-likeness (QED) is 0.770. The summed E-state index contributed by atoms with van der Waals surface area (Å²) < 4.78 is 10.4. The maximum absolute atomic E-state index is 8.49. The van der Waals surface area contributed by atoms with Crippen LogP contribution >= 0.6 is 0 Å². The normalized spacial score (nSPS) is 11.6. The lowest BCUT2D eigenvalue weighted by Crippen LogP contribution is -2.18. The predicted octanol–water partition coefficient (Wildman–Crippen LogP) is 1.88. The first-order chi connectivity index (χ1) is 7.72. The van der Waals surface area contributed by atoms with Crippen LogP contribution in [0.15, 0.2) is 18.2 Å². The molecule has 0 aliphatic carbocycles. The number of nitrogens with zero attached hydrogens (tertiary/aromatic N) is 1. The molecule has 0 spiro atoms. The Labute approximate surface area is 95.8 Å². The Bertz CT molecular complexity index is 385. The SMILES string of the molecule is COc1ccc(C(C)NCC#N)cc1OC. The number of nitriles is 1. The number of ether oxygens (including phenoxy) is 2. The summed E-state index contributed by atoms with van der Waals surface area (Å²) in [7, 11) is 3.21. The van der Waals surface area contributed by atoms with E-state index in [0.29, 0.717) is 18.0 Å². The van der Waals surface area contributed by atoms with Crippen molar-refractivity contribution in [2.75, 3.05) is 20.8 Å². The van der Waals surface area contributed by atoms with E-state index in [4.69, 9.17) is 14.7 Å². The fourth-order valence-corrected chi connectivity index (χ4v) is 1.44. The maximum Gasteiger partial charge on any atom is 0.161 e. The molecular weight excluding hydrogens is 204 g/mol. The van der Waals surface area contributed by atoms with Crippen molar-refractivity contribution in [3.8, 4) is 17.6 Å². The minimum atomic E-state index is 0.111. The second kappa shape index (κ2) is 5.99. The molecule has 0 fully saturated rings. The van der Waals surface area contributed by atoms with Gasteiger partial charge in [0.25, 0.3) is 0 Å². The molecule has 0 saturated heterocycles. The van der Waals surface area contributed by atoms with Gasteiger partial charge in [-0.1, -0.05) is 6.07 Å². The Morgan fingerprint density at radius 3 is 2.56 bits per heavy atom. The number of nitrogens with one attached hydrogen (secondary N) is 1. The van der Waals surface area contributed by atoms with Crippen molar-refractivity contribution in [3.63, 3.8) is 0 Å². The van der Waals surface area contributed by atoms with E-state index in [0.717, 1.165) is 5.56 Å². The minimum absolute atomic E-state index is 0.111. The largest absolute Gasteiger partial charge is 0.493 e. The minimum Gasteiger partial charge on any atom is -0.493 e. The van der Waals surface area contributed by atoms with Gasteiger partial charge in [-0.2, -0.15) is 5.26 Å². The van der Waals surface area contributed by atoms with Gasteiger partial charge in [-0.05, 0) is 24.6 Å². The molecule has 0 heterocycles. The highest BCUT2D eigenvalue weighted by atomic mass is 16.5. The van der Waals surface area contributed by atoms with E-state index in [9.17, 15) is 0 Å². The van der Waals surface area contributed by atoms with Gasteiger partial charge in [-0.3, -0.25) is 5.32 Å². The highest BCUT2D eigenvalue weighted by Crippen LogP contribution is 2.29. The molecule has 1 atom stereocenters. The third kappa shape index (κ3) is 2.88. The first-order valence-corrected chi connectivity index (χ1v) is 5.05. The van der Waals surface area contributed by atoms with E-state index < -0.39 is 0 Å². The van der Waals surface area contributed by atoms with Gasteiger partial charge < -0.3 is 9.47 Å². The number of methoxy groups -OCH3 is 2. The summed E-state index contributed by atoms with van der Waals surface area (Å²) in [4.78, 5) is 0. The molecule has 1 aromatic carbocycles. The fourth-order valence-electron chi connectivity index (χ4n) is 1.44. The summed E-state index contributed by atoms with van der Waals surface area (Å²) in [5, 5.41) is 11.6. The van der Waals surface area contributed by atoms with Crippen molar-refractivity contribution in [2.45, 2.75) is 13.0 Å². The smallest absolute Gasteiger partial charge is 0.161 e. The van der Waals surface area contributed by atoms with Gasteiger partial charge in [0.1, 0.15) is 0 Å². The van der Waals surface area contributed by atoms with Crippen LogP contribution < -0.4 is 14.8 Å². The van der Waals surface area contributed by atoms with Gasteiger partial charge in [0.2, 0.25) is 0 Å². The fraction of sp³-hybridized carbons (Fsp3) is 0.417. The van der Waals surface area contributed by atoms with Crippen LogP contribution in [-0.2, 0) is 0 Å². The molecule has 1 aromatic rings. The number of benzene rings is 1. The van der Waals surface area contributed by atoms with Gasteiger partial charge in [0, 0.05) is 6.04 Å². The van der Waals surface area contributed by atoms with Crippen LogP contribution in [0.2, 0.25) is 0 Å². The van der Waals surface area contributed by atoms with Crippen LogP contribution in [0.1, 0.15) is 18.5 Å². The lowest BCUT2D eigenvalue weighted by molar-refractivity contribution is 0.354. The third-order valence-electron chi connectivity index (χ3n) is 2.39. The van der Waals surface area contributed by atoms with Crippen molar-refractivity contribution in [1.82, 2.24) is 5.32 Å². The van der Waals surface area contributed by atoms with E-state index in [1.165, 1.54) is 0 Å². The van der Waals surface area contributed by atoms with Crippen molar-refractivity contribution in [2.24, 2.45) is 0 Å². The van der Waals surface area contributed by atoms with Gasteiger partial charge in [-0.15, -0.1) is 0 Å². The topological polar surface area (TPSA) is 54.3 Å². The van der Waals surface area contributed by atoms with Gasteiger partial charge in [-0.25, -0.2) is 0 Å². The Hall–Kier alpha value is -1.73. The van der Waals surface area contributed by atoms with Gasteiger partial charge in [0.05, 0.1) is 26.8 Å². The summed E-state index contributed by atoms with van der Waals surface area (Å²) in [5.74, 6) is 1.41. The van der Waals surface area contributed by atoms with E-state index in [-0.39, 0.29) is 6.04 Å². The van der Waals surface area contributed by atoms with Crippen molar-refractivity contribution < 1.29 is 9.47 Å². The van der Waals surface area contributed by atoms with E-state index in [2.05, 4.69) is 11.4 Å². The Balaban J connectivity index is 2.86. The van der Waals surface area contributed by atoms with Crippen LogP contribution in [0.25, 0.3) is 0 Å². The second-order valence-corrected chi connectivity index (χ2v) is 3.38. The molecule has 1 unspecified atom stereocenters. The molecule has 0 saturated carbocycles. The van der Waals surface area contributed by atoms with Crippen molar-refractivity contribution >= 4 is 0 Å². The monoisotopic (exact) mass is 220 g/mol. The molecular formula is C12H16N2O2. The van der Waals surface area contributed by atoms with Crippen LogP contribution in [0.5, 0.6) is 11.5 Å². The first-order valence-electron chi connectivity index (χ1n) is 5.05. The van der Waals surface area contributed by atoms with E-state index >= 15 is 0 Å². The molecule has 16 heavy (non-hydrogen) atoms. The molecule has 1 rings (SSSR count). The zero-order chi connectivity index (χ0) is 12.0. The van der Waals surface area contributed by atoms with Crippen LogP contribution in [0, 0.1) is 11.3 Å². The summed E-state index contributed by atoms with van der Waals surface area (Å²) in [5.41, 5.74) is 1.06. The summed E-state index contributed by atoms with van der Waals surface area (Å²) in [6.45, 7) is 2.33. The lowest BCUT2D eigenvalue weighted by Gasteiger charge is -2.14. The zero-order valence-electron chi connectivity index (χ0n) is 9.78. The molecule has 86 valence electrons. The lowest BCUT2D eigenvalue weighted by atomic mass is 10.1. The third-order valence-corrected chi connectivity index (χ3v) is 2.39. The van der Waals surface area contributed by atoms with Crippen LogP contribution in [0.3, 0.4) is 0 Å². The Morgan fingerprint density at radius 2 is 2.00 bits per heavy atom. The molecule has 0 aliphatic heterocycles. The van der Waals surface area contributed by atoms with Crippen molar-refractivity contribution in [3.05, 3.63) is 23.8 Å². The molecule has 0 amide bonds. The molecule has 0 aliphatic rings. The van der Waals surface area contributed by atoms with Crippen LogP contribution in [0.4, 0.5) is 0 Å². The highest BCUT2D eigenvalue weighted by Gasteiger charge is 2.09. The van der Waals surface area contributed by atoms with Crippen LogP contribution in [-0.4, -0.2) is 20.8 Å². The summed E-state index contributed by atoms with van der Waals surface area (Å²) in [6.07, 6.45) is 0. The van der Waals surface area contributed by atoms with Gasteiger partial charge in [0.15, 0.2) is 11.5 Å². The molecule has 0 bridgehead atoms. The van der Waals surface area contributed by atoms with E-state index in [1.54, 1.807) is 14.2 Å². The van der Waals surface area contributed by atoms with Crippen molar-refractivity contribution in [1.29, 1.82) is 5.26 Å². The first kappa shape index (κ1) is 12.3. The zero-order valence-corrected chi connectivity index (χ0v) is 9.78. The average molecular weight is 220 g/mol. The average Bonchev–Trinajstić information content (AvgIpc) is 2.34.